The normalized spacial score (nSPS) is 10.7. The van der Waals surface area contributed by atoms with E-state index in [-0.39, 0.29) is 5.78 Å². The number of carbonyl (C=O) groups is 1. The Bertz CT molecular complexity index is 397. The number of carbonyl (C=O) groups excluding carboxylic acids is 1. The molecule has 0 bridgehead atoms. The van der Waals surface area contributed by atoms with Crippen LogP contribution in [0.3, 0.4) is 0 Å². The summed E-state index contributed by atoms with van der Waals surface area (Å²) in [6.07, 6.45) is 0. The lowest BCUT2D eigenvalue weighted by Gasteiger charge is -2.11. The Hall–Kier alpha value is -1.35. The molecule has 3 heteroatoms. The quantitative estimate of drug-likeness (QED) is 0.550. The molecule has 0 aromatic heterocycles. The molecule has 0 unspecified atom stereocenters. The molecule has 1 rings (SSSR count). The zero-order chi connectivity index (χ0) is 13.5. The summed E-state index contributed by atoms with van der Waals surface area (Å²) in [5.41, 5.74) is 1.70. The smallest absolute Gasteiger partial charge is 0.163 e. The summed E-state index contributed by atoms with van der Waals surface area (Å²) in [6.45, 7) is 9.47. The van der Waals surface area contributed by atoms with E-state index in [0.717, 1.165) is 12.2 Å². The average Bonchev–Trinajstić information content (AvgIpc) is 2.29. The number of rotatable bonds is 7. The van der Waals surface area contributed by atoms with Crippen LogP contribution in [-0.2, 0) is 4.74 Å². The summed E-state index contributed by atoms with van der Waals surface area (Å²) in [4.78, 5) is 11.5. The summed E-state index contributed by atoms with van der Waals surface area (Å²) < 4.78 is 11.0. The second-order valence-electron chi connectivity index (χ2n) is 4.87. The molecule has 0 aliphatic carbocycles. The molecule has 0 fully saturated rings. The number of hydrogen-bond donors (Lipinski definition) is 0. The number of ketones is 1. The van der Waals surface area contributed by atoms with Crippen molar-refractivity contribution in [2.24, 2.45) is 5.92 Å². The lowest BCUT2D eigenvalue weighted by atomic mass is 10.1. The Labute approximate surface area is 109 Å². The van der Waals surface area contributed by atoms with Crippen molar-refractivity contribution in [2.45, 2.75) is 27.7 Å². The van der Waals surface area contributed by atoms with Crippen LogP contribution < -0.4 is 4.74 Å². The minimum Gasteiger partial charge on any atom is -0.490 e. The molecule has 100 valence electrons. The van der Waals surface area contributed by atoms with Crippen LogP contribution in [0.1, 0.15) is 36.7 Å². The topological polar surface area (TPSA) is 35.5 Å². The van der Waals surface area contributed by atoms with Crippen LogP contribution in [-0.4, -0.2) is 25.6 Å². The average molecular weight is 250 g/mol. The van der Waals surface area contributed by atoms with Gasteiger partial charge >= 0.3 is 0 Å². The van der Waals surface area contributed by atoms with Crippen molar-refractivity contribution in [1.82, 2.24) is 0 Å². The van der Waals surface area contributed by atoms with Crippen molar-refractivity contribution in [3.8, 4) is 5.75 Å². The highest BCUT2D eigenvalue weighted by atomic mass is 16.5. The molecule has 0 saturated carbocycles. The van der Waals surface area contributed by atoms with E-state index in [4.69, 9.17) is 9.47 Å². The number of hydrogen-bond acceptors (Lipinski definition) is 3. The van der Waals surface area contributed by atoms with Gasteiger partial charge in [0, 0.05) is 6.61 Å². The van der Waals surface area contributed by atoms with Crippen LogP contribution in [0, 0.1) is 12.8 Å². The van der Waals surface area contributed by atoms with Crippen LogP contribution >= 0.6 is 0 Å². The van der Waals surface area contributed by atoms with E-state index in [9.17, 15) is 4.79 Å². The number of benzene rings is 1. The molecule has 3 nitrogen and oxygen atoms in total. The Morgan fingerprint density at radius 3 is 2.61 bits per heavy atom. The van der Waals surface area contributed by atoms with E-state index in [1.54, 1.807) is 6.92 Å². The Morgan fingerprint density at radius 1 is 1.28 bits per heavy atom. The first-order valence-electron chi connectivity index (χ1n) is 6.33. The Morgan fingerprint density at radius 2 is 2.00 bits per heavy atom. The van der Waals surface area contributed by atoms with Crippen LogP contribution in [0.15, 0.2) is 18.2 Å². The fourth-order valence-corrected chi connectivity index (χ4v) is 1.57. The minimum atomic E-state index is 0.0248. The number of aryl methyl sites for hydroxylation is 1. The van der Waals surface area contributed by atoms with Gasteiger partial charge < -0.3 is 9.47 Å². The molecular weight excluding hydrogens is 228 g/mol. The van der Waals surface area contributed by atoms with Crippen LogP contribution in [0.4, 0.5) is 0 Å². The maximum atomic E-state index is 11.5. The van der Waals surface area contributed by atoms with E-state index in [1.807, 2.05) is 25.1 Å². The molecule has 1 aromatic rings. The summed E-state index contributed by atoms with van der Waals surface area (Å²) >= 11 is 0. The maximum Gasteiger partial charge on any atom is 0.163 e. The molecule has 0 amide bonds. The van der Waals surface area contributed by atoms with Crippen molar-refractivity contribution in [3.05, 3.63) is 29.3 Å². The number of ether oxygens (including phenoxy) is 2. The molecule has 0 N–H and O–H groups in total. The van der Waals surface area contributed by atoms with E-state index in [0.29, 0.717) is 30.4 Å². The second-order valence-corrected chi connectivity index (χ2v) is 4.87. The SMILES string of the molecule is CC(=O)c1cc(C)ccc1OCCOCC(C)C. The Balaban J connectivity index is 2.49. The van der Waals surface area contributed by atoms with E-state index in [2.05, 4.69) is 13.8 Å². The standard InChI is InChI=1S/C15H22O3/c1-11(2)10-17-7-8-18-15-6-5-12(3)9-14(15)13(4)16/h5-6,9,11H,7-8,10H2,1-4H3. The molecule has 0 atom stereocenters. The predicted molar refractivity (Wildman–Crippen MR) is 72.3 cm³/mol. The van der Waals surface area contributed by atoms with Crippen molar-refractivity contribution < 1.29 is 14.3 Å². The van der Waals surface area contributed by atoms with Crippen molar-refractivity contribution >= 4 is 5.78 Å². The molecule has 0 aliphatic rings. The summed E-state index contributed by atoms with van der Waals surface area (Å²) in [7, 11) is 0. The minimum absolute atomic E-state index is 0.0248. The van der Waals surface area contributed by atoms with Gasteiger partial charge in [-0.15, -0.1) is 0 Å². The van der Waals surface area contributed by atoms with Crippen molar-refractivity contribution in [2.75, 3.05) is 19.8 Å². The molecule has 18 heavy (non-hydrogen) atoms. The van der Waals surface area contributed by atoms with Gasteiger partial charge in [-0.1, -0.05) is 25.5 Å². The Kier molecular flexibility index (Phi) is 5.86. The second kappa shape index (κ2) is 7.17. The van der Waals surface area contributed by atoms with E-state index < -0.39 is 0 Å². The van der Waals surface area contributed by atoms with Crippen molar-refractivity contribution in [3.63, 3.8) is 0 Å². The van der Waals surface area contributed by atoms with Crippen LogP contribution in [0.2, 0.25) is 0 Å². The first-order chi connectivity index (χ1) is 8.50. The molecule has 0 radical (unpaired) electrons. The maximum absolute atomic E-state index is 11.5. The third-order valence-corrected chi connectivity index (χ3v) is 2.45. The highest BCUT2D eigenvalue weighted by Gasteiger charge is 2.08. The van der Waals surface area contributed by atoms with E-state index >= 15 is 0 Å². The monoisotopic (exact) mass is 250 g/mol. The van der Waals surface area contributed by atoms with Crippen LogP contribution in [0.5, 0.6) is 5.75 Å². The lowest BCUT2D eigenvalue weighted by molar-refractivity contribution is 0.0810. The molecular formula is C15H22O3. The van der Waals surface area contributed by atoms with Gasteiger partial charge in [-0.05, 0) is 31.9 Å². The van der Waals surface area contributed by atoms with Gasteiger partial charge in [-0.3, -0.25) is 4.79 Å². The largest absolute Gasteiger partial charge is 0.490 e. The van der Waals surface area contributed by atoms with Gasteiger partial charge in [0.25, 0.3) is 0 Å². The van der Waals surface area contributed by atoms with Gasteiger partial charge in [0.15, 0.2) is 5.78 Å². The summed E-state index contributed by atoms with van der Waals surface area (Å²) in [6, 6.07) is 5.64. The first-order valence-corrected chi connectivity index (χ1v) is 6.33. The van der Waals surface area contributed by atoms with Crippen molar-refractivity contribution in [1.29, 1.82) is 0 Å². The lowest BCUT2D eigenvalue weighted by Crippen LogP contribution is -2.11. The third-order valence-electron chi connectivity index (χ3n) is 2.45. The molecule has 1 aromatic carbocycles. The predicted octanol–water partition coefficient (Wildman–Crippen LogP) is 3.25. The molecule has 0 saturated heterocycles. The molecule has 0 spiro atoms. The zero-order valence-electron chi connectivity index (χ0n) is 11.7. The fourth-order valence-electron chi connectivity index (χ4n) is 1.57. The van der Waals surface area contributed by atoms with Gasteiger partial charge in [-0.25, -0.2) is 0 Å². The van der Waals surface area contributed by atoms with Gasteiger partial charge in [-0.2, -0.15) is 0 Å². The van der Waals surface area contributed by atoms with Crippen LogP contribution in [0.25, 0.3) is 0 Å². The van der Waals surface area contributed by atoms with Gasteiger partial charge in [0.2, 0.25) is 0 Å². The zero-order valence-corrected chi connectivity index (χ0v) is 11.7. The molecule has 0 aliphatic heterocycles. The highest BCUT2D eigenvalue weighted by Crippen LogP contribution is 2.20. The molecule has 0 heterocycles. The van der Waals surface area contributed by atoms with Gasteiger partial charge in [0.05, 0.1) is 12.2 Å². The van der Waals surface area contributed by atoms with Gasteiger partial charge in [0.1, 0.15) is 12.4 Å². The summed E-state index contributed by atoms with van der Waals surface area (Å²) in [5.74, 6) is 1.19. The fraction of sp³-hybridized carbons (Fsp3) is 0.533. The highest BCUT2D eigenvalue weighted by molar-refractivity contribution is 5.97. The third kappa shape index (κ3) is 4.88. The summed E-state index contributed by atoms with van der Waals surface area (Å²) in [5, 5.41) is 0. The van der Waals surface area contributed by atoms with E-state index in [1.165, 1.54) is 0 Å². The first kappa shape index (κ1) is 14.7. The number of Topliss-reactive ketones (excluding diaryl/α,β-unsaturated/α-hetero) is 1.